The number of rotatable bonds is 8. The zero-order valence-electron chi connectivity index (χ0n) is 16.3. The van der Waals surface area contributed by atoms with Crippen molar-refractivity contribution in [2.75, 3.05) is 6.61 Å². The molecule has 0 unspecified atom stereocenters. The lowest BCUT2D eigenvalue weighted by molar-refractivity contribution is 0.252. The average Bonchev–Trinajstić information content (AvgIpc) is 2.69. The van der Waals surface area contributed by atoms with Gasteiger partial charge in [0.25, 0.3) is 0 Å². The van der Waals surface area contributed by atoms with Gasteiger partial charge in [-0.25, -0.2) is 0 Å². The third kappa shape index (κ3) is 5.30. The van der Waals surface area contributed by atoms with Gasteiger partial charge in [0, 0.05) is 5.56 Å². The van der Waals surface area contributed by atoms with Gasteiger partial charge in [0.15, 0.2) is 0 Å². The summed E-state index contributed by atoms with van der Waals surface area (Å²) < 4.78 is 5.49. The Bertz CT molecular complexity index is 643. The van der Waals surface area contributed by atoms with Crippen LogP contribution in [0.15, 0.2) is 36.4 Å². The van der Waals surface area contributed by atoms with Gasteiger partial charge in [0.2, 0.25) is 0 Å². The number of aromatic nitrogens is 2. The van der Waals surface area contributed by atoms with E-state index < -0.39 is 0 Å². The summed E-state index contributed by atoms with van der Waals surface area (Å²) >= 11 is 0. The third-order valence-electron chi connectivity index (χ3n) is 5.65. The van der Waals surface area contributed by atoms with E-state index in [0.717, 1.165) is 41.0 Å². The highest BCUT2D eigenvalue weighted by molar-refractivity contribution is 5.59. The maximum atomic E-state index is 5.49. The Labute approximate surface area is 158 Å². The fraction of sp³-hybridized carbons (Fsp3) is 0.565. The molecular weight excluding hydrogens is 320 g/mol. The maximum Gasteiger partial charge on any atom is 0.119 e. The Morgan fingerprint density at radius 3 is 2.12 bits per heavy atom. The molecule has 1 saturated carbocycles. The van der Waals surface area contributed by atoms with Gasteiger partial charge in [0.05, 0.1) is 18.0 Å². The molecule has 0 N–H and O–H groups in total. The Kier molecular flexibility index (Phi) is 7.04. The summed E-state index contributed by atoms with van der Waals surface area (Å²) in [6, 6.07) is 12.3. The molecular formula is C23H32N2O. The fourth-order valence-electron chi connectivity index (χ4n) is 4.10. The molecule has 3 heteroatoms. The van der Waals surface area contributed by atoms with Crippen molar-refractivity contribution in [2.45, 2.75) is 65.2 Å². The molecule has 1 aliphatic rings. The van der Waals surface area contributed by atoms with Crippen molar-refractivity contribution in [2.24, 2.45) is 11.8 Å². The Hall–Kier alpha value is -1.90. The standard InChI is InChI=1S/C23H32N2O/c1-3-5-18-6-8-19(9-7-18)10-13-21-14-17-23(25-24-21)20-11-15-22(16-12-20)26-4-2/h11-12,14-19H,3-10,13H2,1-2H3. The molecule has 1 fully saturated rings. The molecule has 26 heavy (non-hydrogen) atoms. The number of benzene rings is 1. The quantitative estimate of drug-likeness (QED) is 0.577. The molecule has 0 atom stereocenters. The lowest BCUT2D eigenvalue weighted by Crippen LogP contribution is -2.15. The maximum absolute atomic E-state index is 5.49. The molecule has 0 radical (unpaired) electrons. The number of hydrogen-bond acceptors (Lipinski definition) is 3. The number of ether oxygens (including phenoxy) is 1. The first kappa shape index (κ1) is 18.9. The lowest BCUT2D eigenvalue weighted by Gasteiger charge is -2.28. The summed E-state index contributed by atoms with van der Waals surface area (Å²) in [6.07, 6.45) is 10.7. The van der Waals surface area contributed by atoms with Crippen LogP contribution in [0.25, 0.3) is 11.3 Å². The van der Waals surface area contributed by atoms with Gasteiger partial charge in [0.1, 0.15) is 5.75 Å². The molecule has 0 amide bonds. The molecule has 0 bridgehead atoms. The highest BCUT2D eigenvalue weighted by atomic mass is 16.5. The van der Waals surface area contributed by atoms with E-state index in [1.54, 1.807) is 0 Å². The highest BCUT2D eigenvalue weighted by Crippen LogP contribution is 2.33. The summed E-state index contributed by atoms with van der Waals surface area (Å²) in [5.41, 5.74) is 3.13. The van der Waals surface area contributed by atoms with Crippen LogP contribution in [-0.4, -0.2) is 16.8 Å². The smallest absolute Gasteiger partial charge is 0.119 e. The molecule has 1 aliphatic carbocycles. The van der Waals surface area contributed by atoms with Gasteiger partial charge >= 0.3 is 0 Å². The van der Waals surface area contributed by atoms with E-state index in [4.69, 9.17) is 4.74 Å². The second-order valence-corrected chi connectivity index (χ2v) is 7.58. The van der Waals surface area contributed by atoms with Crippen molar-refractivity contribution in [1.82, 2.24) is 10.2 Å². The first-order chi connectivity index (χ1) is 12.8. The van der Waals surface area contributed by atoms with E-state index >= 15 is 0 Å². The molecule has 1 aromatic carbocycles. The molecule has 0 aliphatic heterocycles. The molecule has 3 rings (SSSR count). The van der Waals surface area contributed by atoms with Crippen molar-refractivity contribution in [1.29, 1.82) is 0 Å². The SMILES string of the molecule is CCCC1CCC(CCc2ccc(-c3ccc(OCC)cc3)nn2)CC1. The minimum Gasteiger partial charge on any atom is -0.494 e. The van der Waals surface area contributed by atoms with Gasteiger partial charge in [-0.3, -0.25) is 0 Å². The summed E-state index contributed by atoms with van der Waals surface area (Å²) in [5, 5.41) is 8.90. The summed E-state index contributed by atoms with van der Waals surface area (Å²) in [7, 11) is 0. The Morgan fingerprint density at radius 2 is 1.54 bits per heavy atom. The minimum atomic E-state index is 0.689. The van der Waals surface area contributed by atoms with Crippen molar-refractivity contribution in [3.05, 3.63) is 42.1 Å². The Balaban J connectivity index is 1.49. The van der Waals surface area contributed by atoms with Crippen LogP contribution in [0, 0.1) is 11.8 Å². The van der Waals surface area contributed by atoms with Crippen LogP contribution >= 0.6 is 0 Å². The third-order valence-corrected chi connectivity index (χ3v) is 5.65. The van der Waals surface area contributed by atoms with Gasteiger partial charge in [-0.2, -0.15) is 10.2 Å². The summed E-state index contributed by atoms with van der Waals surface area (Å²) in [4.78, 5) is 0. The van der Waals surface area contributed by atoms with Crippen LogP contribution in [0.3, 0.4) is 0 Å². The molecule has 0 spiro atoms. The van der Waals surface area contributed by atoms with Crippen molar-refractivity contribution in [3.63, 3.8) is 0 Å². The van der Waals surface area contributed by atoms with Crippen LogP contribution < -0.4 is 4.74 Å². The van der Waals surface area contributed by atoms with E-state index in [1.165, 1.54) is 44.9 Å². The number of hydrogen-bond donors (Lipinski definition) is 0. The van der Waals surface area contributed by atoms with Gasteiger partial charge < -0.3 is 4.74 Å². The molecule has 1 heterocycles. The van der Waals surface area contributed by atoms with Crippen LogP contribution in [0.2, 0.25) is 0 Å². The van der Waals surface area contributed by atoms with Crippen molar-refractivity contribution in [3.8, 4) is 17.0 Å². The van der Waals surface area contributed by atoms with Crippen molar-refractivity contribution >= 4 is 0 Å². The monoisotopic (exact) mass is 352 g/mol. The second kappa shape index (κ2) is 9.70. The van der Waals surface area contributed by atoms with E-state index in [2.05, 4.69) is 29.3 Å². The molecule has 140 valence electrons. The zero-order chi connectivity index (χ0) is 18.2. The first-order valence-corrected chi connectivity index (χ1v) is 10.3. The molecule has 1 aromatic heterocycles. The van der Waals surface area contributed by atoms with Gasteiger partial charge in [-0.1, -0.05) is 45.4 Å². The van der Waals surface area contributed by atoms with E-state index in [9.17, 15) is 0 Å². The summed E-state index contributed by atoms with van der Waals surface area (Å²) in [6.45, 7) is 4.99. The van der Waals surface area contributed by atoms with E-state index in [0.29, 0.717) is 6.61 Å². The van der Waals surface area contributed by atoms with Gasteiger partial charge in [-0.15, -0.1) is 0 Å². The predicted octanol–water partition coefficient (Wildman–Crippen LogP) is 6.08. The van der Waals surface area contributed by atoms with Crippen LogP contribution in [0.1, 0.15) is 64.5 Å². The van der Waals surface area contributed by atoms with Crippen LogP contribution in [0.4, 0.5) is 0 Å². The minimum absolute atomic E-state index is 0.689. The second-order valence-electron chi connectivity index (χ2n) is 7.58. The van der Waals surface area contributed by atoms with E-state index in [-0.39, 0.29) is 0 Å². The van der Waals surface area contributed by atoms with Crippen LogP contribution in [0.5, 0.6) is 5.75 Å². The highest BCUT2D eigenvalue weighted by Gasteiger charge is 2.20. The normalized spacial score (nSPS) is 20.1. The zero-order valence-corrected chi connectivity index (χ0v) is 16.3. The molecule has 2 aromatic rings. The summed E-state index contributed by atoms with van der Waals surface area (Å²) in [5.74, 6) is 2.77. The van der Waals surface area contributed by atoms with Crippen molar-refractivity contribution < 1.29 is 4.74 Å². The topological polar surface area (TPSA) is 35.0 Å². The molecule has 0 saturated heterocycles. The fourth-order valence-corrected chi connectivity index (χ4v) is 4.10. The number of aryl methyl sites for hydroxylation is 1. The van der Waals surface area contributed by atoms with Gasteiger partial charge in [-0.05, 0) is 68.0 Å². The largest absolute Gasteiger partial charge is 0.494 e. The predicted molar refractivity (Wildman–Crippen MR) is 107 cm³/mol. The van der Waals surface area contributed by atoms with E-state index in [1.807, 2.05) is 31.2 Å². The lowest BCUT2D eigenvalue weighted by atomic mass is 9.78. The first-order valence-electron chi connectivity index (χ1n) is 10.3. The van der Waals surface area contributed by atoms with Crippen LogP contribution in [-0.2, 0) is 6.42 Å². The number of nitrogens with zero attached hydrogens (tertiary/aromatic N) is 2. The Morgan fingerprint density at radius 1 is 0.846 bits per heavy atom. The average molecular weight is 353 g/mol. The molecule has 3 nitrogen and oxygen atoms in total.